The molecule has 2 bridgehead atoms. The Morgan fingerprint density at radius 3 is 2.66 bits per heavy atom. The van der Waals surface area contributed by atoms with Crippen molar-refractivity contribution in [3.05, 3.63) is 65.1 Å². The van der Waals surface area contributed by atoms with Crippen LogP contribution in [-0.2, 0) is 18.6 Å². The molecular formula is C25H31N3O. The lowest BCUT2D eigenvalue weighted by Gasteiger charge is -2.33. The molecule has 152 valence electrons. The van der Waals surface area contributed by atoms with Crippen LogP contribution in [-0.4, -0.2) is 32.6 Å². The number of fused-ring (bicyclic) bond motifs is 6. The molecule has 1 fully saturated rings. The first kappa shape index (κ1) is 18.8. The minimum absolute atomic E-state index is 0.486. The fourth-order valence-electron chi connectivity index (χ4n) is 5.52. The quantitative estimate of drug-likeness (QED) is 0.699. The summed E-state index contributed by atoms with van der Waals surface area (Å²) in [6.45, 7) is 6.98. The second kappa shape index (κ2) is 6.68. The highest BCUT2D eigenvalue weighted by Gasteiger charge is 2.41. The molecule has 4 heteroatoms. The zero-order valence-corrected chi connectivity index (χ0v) is 17.9. The van der Waals surface area contributed by atoms with Crippen LogP contribution in [0.4, 0.5) is 0 Å². The summed E-state index contributed by atoms with van der Waals surface area (Å²) in [6, 6.07) is 11.9. The average molecular weight is 390 g/mol. The van der Waals surface area contributed by atoms with Crippen molar-refractivity contribution in [2.75, 3.05) is 7.05 Å². The maximum atomic E-state index is 11.4. The van der Waals surface area contributed by atoms with Gasteiger partial charge in [0.1, 0.15) is 5.60 Å². The number of hydrogen-bond acceptors (Lipinski definition) is 3. The van der Waals surface area contributed by atoms with Crippen molar-refractivity contribution in [1.29, 1.82) is 0 Å². The number of nitrogens with zero attached hydrogens (tertiary/aromatic N) is 3. The Hall–Kier alpha value is -2.17. The highest BCUT2D eigenvalue weighted by molar-refractivity contribution is 5.87. The van der Waals surface area contributed by atoms with Crippen LogP contribution in [0.5, 0.6) is 0 Å². The number of rotatable bonds is 4. The molecule has 3 aromatic rings. The Balaban J connectivity index is 1.70. The molecule has 2 aliphatic rings. The summed E-state index contributed by atoms with van der Waals surface area (Å²) in [7, 11) is 2.28. The number of likely N-dealkylation sites (N-methyl/N-ethyl adjacent to an activating group) is 1. The van der Waals surface area contributed by atoms with Crippen LogP contribution in [0.3, 0.4) is 0 Å². The van der Waals surface area contributed by atoms with Crippen molar-refractivity contribution in [2.24, 2.45) is 0 Å². The Kier molecular flexibility index (Phi) is 4.34. The van der Waals surface area contributed by atoms with E-state index >= 15 is 0 Å². The van der Waals surface area contributed by atoms with Gasteiger partial charge >= 0.3 is 0 Å². The normalized spacial score (nSPS) is 23.5. The van der Waals surface area contributed by atoms with Crippen LogP contribution >= 0.6 is 0 Å². The van der Waals surface area contributed by atoms with E-state index in [1.165, 1.54) is 40.6 Å². The first-order chi connectivity index (χ1) is 13.9. The van der Waals surface area contributed by atoms with Gasteiger partial charge in [0.2, 0.25) is 0 Å². The van der Waals surface area contributed by atoms with E-state index in [1.54, 1.807) is 12.4 Å². The lowest BCUT2D eigenvalue weighted by atomic mass is 9.95. The maximum absolute atomic E-state index is 11.4. The molecule has 2 aliphatic heterocycles. The Bertz CT molecular complexity index is 1050. The lowest BCUT2D eigenvalue weighted by Crippen LogP contribution is -2.36. The predicted molar refractivity (Wildman–Crippen MR) is 117 cm³/mol. The van der Waals surface area contributed by atoms with Crippen molar-refractivity contribution >= 4 is 10.9 Å². The molecule has 4 nitrogen and oxygen atoms in total. The fraction of sp³-hybridized carbons (Fsp3) is 0.480. The van der Waals surface area contributed by atoms with Gasteiger partial charge in [0.15, 0.2) is 0 Å². The minimum Gasteiger partial charge on any atom is -0.384 e. The van der Waals surface area contributed by atoms with Crippen molar-refractivity contribution in [3.8, 4) is 0 Å². The average Bonchev–Trinajstić information content (AvgIpc) is 3.12. The van der Waals surface area contributed by atoms with Crippen LogP contribution in [0, 0.1) is 0 Å². The summed E-state index contributed by atoms with van der Waals surface area (Å²) in [5.41, 5.74) is 5.53. The SMILES string of the molecule is CC(C)c1ccc2c3c(n(CC(C)(O)c4ccncc4)c2c1)CC1CCC3N1C. The summed E-state index contributed by atoms with van der Waals surface area (Å²) in [5, 5.41) is 12.8. The molecule has 3 atom stereocenters. The summed E-state index contributed by atoms with van der Waals surface area (Å²) in [5.74, 6) is 0.486. The molecule has 0 radical (unpaired) electrons. The fourth-order valence-corrected chi connectivity index (χ4v) is 5.52. The molecule has 1 saturated heterocycles. The molecule has 29 heavy (non-hydrogen) atoms. The summed E-state index contributed by atoms with van der Waals surface area (Å²) < 4.78 is 2.43. The first-order valence-electron chi connectivity index (χ1n) is 10.9. The highest BCUT2D eigenvalue weighted by Crippen LogP contribution is 2.47. The third kappa shape index (κ3) is 2.92. The van der Waals surface area contributed by atoms with Crippen LogP contribution in [0.25, 0.3) is 10.9 Å². The van der Waals surface area contributed by atoms with E-state index in [0.29, 0.717) is 24.5 Å². The molecule has 5 rings (SSSR count). The molecule has 4 heterocycles. The second-order valence-corrected chi connectivity index (χ2v) is 9.50. The second-order valence-electron chi connectivity index (χ2n) is 9.50. The van der Waals surface area contributed by atoms with Crippen molar-refractivity contribution in [1.82, 2.24) is 14.5 Å². The van der Waals surface area contributed by atoms with Gasteiger partial charge in [0.25, 0.3) is 0 Å². The predicted octanol–water partition coefficient (Wildman–Crippen LogP) is 4.76. The van der Waals surface area contributed by atoms with Gasteiger partial charge in [-0.15, -0.1) is 0 Å². The van der Waals surface area contributed by atoms with E-state index in [1.807, 2.05) is 19.1 Å². The summed E-state index contributed by atoms with van der Waals surface area (Å²) >= 11 is 0. The molecule has 0 aliphatic carbocycles. The number of aliphatic hydroxyl groups is 1. The Morgan fingerprint density at radius 2 is 1.93 bits per heavy atom. The van der Waals surface area contributed by atoms with Gasteiger partial charge in [-0.05, 0) is 67.6 Å². The third-order valence-corrected chi connectivity index (χ3v) is 7.28. The van der Waals surface area contributed by atoms with Crippen LogP contribution in [0.1, 0.15) is 68.0 Å². The number of benzene rings is 1. The smallest absolute Gasteiger partial charge is 0.105 e. The zero-order chi connectivity index (χ0) is 20.3. The van der Waals surface area contributed by atoms with Crippen molar-refractivity contribution < 1.29 is 5.11 Å². The molecule has 1 aromatic carbocycles. The summed E-state index contributed by atoms with van der Waals surface area (Å²) in [4.78, 5) is 6.69. The number of hydrogen-bond donors (Lipinski definition) is 1. The van der Waals surface area contributed by atoms with E-state index in [0.717, 1.165) is 12.0 Å². The van der Waals surface area contributed by atoms with E-state index in [2.05, 4.69) is 53.5 Å². The molecule has 0 spiro atoms. The molecule has 1 N–H and O–H groups in total. The molecule has 3 unspecified atom stereocenters. The standard InChI is InChI=1S/C25H31N3O/c1-16(2)17-5-7-20-22(13-17)28(15-25(3,29)18-9-11-26-12-10-18)23-14-19-6-8-21(24(20)23)27(19)4/h5,7,9-13,16,19,21,29H,6,8,14-15H2,1-4H3. The van der Waals surface area contributed by atoms with E-state index < -0.39 is 5.60 Å². The van der Waals surface area contributed by atoms with Crippen LogP contribution in [0.2, 0.25) is 0 Å². The maximum Gasteiger partial charge on any atom is 0.105 e. The lowest BCUT2D eigenvalue weighted by molar-refractivity contribution is 0.0381. The van der Waals surface area contributed by atoms with Crippen LogP contribution < -0.4 is 0 Å². The van der Waals surface area contributed by atoms with Gasteiger partial charge in [0, 0.05) is 47.5 Å². The van der Waals surface area contributed by atoms with Gasteiger partial charge in [0.05, 0.1) is 6.54 Å². The largest absolute Gasteiger partial charge is 0.384 e. The van der Waals surface area contributed by atoms with E-state index in [-0.39, 0.29) is 0 Å². The van der Waals surface area contributed by atoms with Crippen LogP contribution in [0.15, 0.2) is 42.7 Å². The summed E-state index contributed by atoms with van der Waals surface area (Å²) in [6.07, 6.45) is 7.10. The van der Waals surface area contributed by atoms with Crippen molar-refractivity contribution in [2.45, 2.75) is 70.2 Å². The molecule has 2 aromatic heterocycles. The molecular weight excluding hydrogens is 358 g/mol. The van der Waals surface area contributed by atoms with Gasteiger partial charge < -0.3 is 9.67 Å². The van der Waals surface area contributed by atoms with Gasteiger partial charge in [-0.25, -0.2) is 0 Å². The van der Waals surface area contributed by atoms with Gasteiger partial charge in [-0.1, -0.05) is 26.0 Å². The minimum atomic E-state index is -0.946. The third-order valence-electron chi connectivity index (χ3n) is 7.28. The number of aromatic nitrogens is 2. The zero-order valence-electron chi connectivity index (χ0n) is 17.9. The number of pyridine rings is 1. The van der Waals surface area contributed by atoms with E-state index in [4.69, 9.17) is 0 Å². The van der Waals surface area contributed by atoms with Gasteiger partial charge in [-0.3, -0.25) is 9.88 Å². The Labute approximate surface area is 173 Å². The van der Waals surface area contributed by atoms with Crippen molar-refractivity contribution in [3.63, 3.8) is 0 Å². The Morgan fingerprint density at radius 1 is 1.17 bits per heavy atom. The van der Waals surface area contributed by atoms with E-state index in [9.17, 15) is 5.11 Å². The molecule has 0 amide bonds. The highest BCUT2D eigenvalue weighted by atomic mass is 16.3. The first-order valence-corrected chi connectivity index (χ1v) is 10.9. The monoisotopic (exact) mass is 389 g/mol. The van der Waals surface area contributed by atoms with Gasteiger partial charge in [-0.2, -0.15) is 0 Å². The molecule has 0 saturated carbocycles. The topological polar surface area (TPSA) is 41.3 Å².